The zero-order chi connectivity index (χ0) is 24.5. The Morgan fingerprint density at radius 1 is 0.806 bits per heavy atom. The number of unbranched alkanes of at least 4 members (excludes halogenated alkanes) is 1. The number of thiophene rings is 3. The van der Waals surface area contributed by atoms with E-state index in [0.717, 1.165) is 61.0 Å². The van der Waals surface area contributed by atoms with Crippen LogP contribution < -0.4 is 0 Å². The topological polar surface area (TPSA) is 51.6 Å². The third kappa shape index (κ3) is 4.41. The van der Waals surface area contributed by atoms with Crippen molar-refractivity contribution >= 4 is 67.8 Å². The lowest BCUT2D eigenvalue weighted by Gasteiger charge is -2.12. The molecule has 4 nitrogen and oxygen atoms in total. The highest BCUT2D eigenvalue weighted by molar-refractivity contribution is 7.15. The van der Waals surface area contributed by atoms with Crippen molar-refractivity contribution in [3.8, 4) is 31.5 Å². The summed E-state index contributed by atoms with van der Waals surface area (Å²) in [6, 6.07) is 12.9. The van der Waals surface area contributed by atoms with E-state index in [1.54, 1.807) is 22.7 Å². The first-order valence-electron chi connectivity index (χ1n) is 12.4. The molecule has 0 radical (unpaired) electrons. The van der Waals surface area contributed by atoms with Gasteiger partial charge in [0.1, 0.15) is 22.1 Å². The number of hydrogen-bond donors (Lipinski definition) is 0. The number of fused-ring (bicyclic) bond motifs is 2. The van der Waals surface area contributed by atoms with Gasteiger partial charge in [0.2, 0.25) is 0 Å². The molecular weight excluding hydrogens is 521 g/mol. The molecule has 6 rings (SSSR count). The van der Waals surface area contributed by atoms with Crippen molar-refractivity contribution in [1.29, 1.82) is 0 Å². The van der Waals surface area contributed by atoms with E-state index in [4.69, 9.17) is 18.7 Å². The average molecular weight is 547 g/mol. The molecule has 1 aromatic carbocycles. The van der Waals surface area contributed by atoms with Crippen LogP contribution in [0.1, 0.15) is 44.4 Å². The average Bonchev–Trinajstić information content (AvgIpc) is 3.72. The molecule has 1 atom stereocenters. The largest absolute Gasteiger partial charge is 0.252 e. The Hall–Kier alpha value is -2.52. The van der Waals surface area contributed by atoms with Gasteiger partial charge in [0, 0.05) is 25.8 Å². The van der Waals surface area contributed by atoms with Crippen LogP contribution in [-0.4, -0.2) is 18.7 Å². The predicted molar refractivity (Wildman–Crippen MR) is 157 cm³/mol. The quantitative estimate of drug-likeness (QED) is 0.181. The minimum absolute atomic E-state index is 0.753. The molecule has 5 heterocycles. The first-order chi connectivity index (χ1) is 17.8. The van der Waals surface area contributed by atoms with Gasteiger partial charge >= 0.3 is 0 Å². The minimum Gasteiger partial charge on any atom is -0.252 e. The fourth-order valence-corrected chi connectivity index (χ4v) is 7.95. The lowest BCUT2D eigenvalue weighted by atomic mass is 9.95. The lowest BCUT2D eigenvalue weighted by molar-refractivity contribution is 0.452. The smallest absolute Gasteiger partial charge is 0.116 e. The van der Waals surface area contributed by atoms with E-state index < -0.39 is 0 Å². The third-order valence-electron chi connectivity index (χ3n) is 6.69. The van der Waals surface area contributed by atoms with Gasteiger partial charge in [0.15, 0.2) is 0 Å². The maximum atomic E-state index is 5.26. The summed E-state index contributed by atoms with van der Waals surface area (Å²) in [5, 5.41) is 4.20. The van der Waals surface area contributed by atoms with Crippen LogP contribution in [0.5, 0.6) is 0 Å². The number of nitrogens with zero attached hydrogens (tertiary/aromatic N) is 4. The fourth-order valence-electron chi connectivity index (χ4n) is 4.77. The van der Waals surface area contributed by atoms with Crippen LogP contribution in [0.2, 0.25) is 0 Å². The van der Waals surface area contributed by atoms with Gasteiger partial charge in [-0.15, -0.1) is 34.0 Å². The number of benzene rings is 1. The highest BCUT2D eigenvalue weighted by Gasteiger charge is 2.23. The highest BCUT2D eigenvalue weighted by Crippen LogP contribution is 2.44. The second kappa shape index (κ2) is 10.5. The molecule has 0 bridgehead atoms. The van der Waals surface area contributed by atoms with E-state index in [9.17, 15) is 0 Å². The van der Waals surface area contributed by atoms with Gasteiger partial charge in [0.05, 0.1) is 28.5 Å². The van der Waals surface area contributed by atoms with Crippen molar-refractivity contribution in [2.24, 2.45) is 5.92 Å². The molecule has 0 saturated carbocycles. The van der Waals surface area contributed by atoms with Crippen molar-refractivity contribution in [3.63, 3.8) is 0 Å². The van der Waals surface area contributed by atoms with Crippen LogP contribution in [-0.2, 0) is 6.42 Å². The van der Waals surface area contributed by atoms with Crippen LogP contribution >= 0.6 is 45.7 Å². The highest BCUT2D eigenvalue weighted by atomic mass is 32.1. The molecule has 8 heteroatoms. The van der Waals surface area contributed by atoms with E-state index in [1.807, 2.05) is 17.5 Å². The zero-order valence-electron chi connectivity index (χ0n) is 20.2. The first-order valence-corrected chi connectivity index (χ1v) is 15.7. The predicted octanol–water partition coefficient (Wildman–Crippen LogP) is 9.58. The number of rotatable bonds is 9. The van der Waals surface area contributed by atoms with Crippen LogP contribution in [0.15, 0.2) is 53.4 Å². The first kappa shape index (κ1) is 23.9. The Morgan fingerprint density at radius 3 is 2.17 bits per heavy atom. The Bertz CT molecular complexity index is 1600. The summed E-state index contributed by atoms with van der Waals surface area (Å²) < 4.78 is 9.46. The third-order valence-corrected chi connectivity index (χ3v) is 10.1. The van der Waals surface area contributed by atoms with Crippen LogP contribution in [0.4, 0.5) is 0 Å². The van der Waals surface area contributed by atoms with Crippen LogP contribution in [0, 0.1) is 5.92 Å². The molecule has 5 aromatic heterocycles. The molecular formula is C28H26N4S4. The Kier molecular flexibility index (Phi) is 6.93. The molecule has 6 aromatic rings. The molecule has 0 aliphatic rings. The van der Waals surface area contributed by atoms with E-state index in [-0.39, 0.29) is 0 Å². The molecule has 0 fully saturated rings. The van der Waals surface area contributed by atoms with Crippen molar-refractivity contribution in [2.75, 3.05) is 0 Å². The summed E-state index contributed by atoms with van der Waals surface area (Å²) in [5.41, 5.74) is 6.64. The molecule has 36 heavy (non-hydrogen) atoms. The van der Waals surface area contributed by atoms with Gasteiger partial charge in [-0.05, 0) is 47.4 Å². The van der Waals surface area contributed by atoms with Crippen molar-refractivity contribution in [1.82, 2.24) is 18.7 Å². The maximum Gasteiger partial charge on any atom is 0.116 e. The molecule has 1 unspecified atom stereocenters. The minimum atomic E-state index is 0.753. The van der Waals surface area contributed by atoms with Gasteiger partial charge in [-0.1, -0.05) is 51.7 Å². The molecule has 0 aliphatic heterocycles. The van der Waals surface area contributed by atoms with Gasteiger partial charge in [-0.25, -0.2) is 4.98 Å². The van der Waals surface area contributed by atoms with E-state index >= 15 is 0 Å². The maximum absolute atomic E-state index is 5.26. The summed E-state index contributed by atoms with van der Waals surface area (Å²) >= 11 is 6.53. The van der Waals surface area contributed by atoms with E-state index in [1.165, 1.54) is 47.2 Å². The standard InChI is InChI=1S/C28H26N4S4/c1-3-5-8-17(4-2)15-18-11-12-20(35-18)19-16-29-25-23(21-9-6-13-33-21)27-28(32-36-31-27)24(26(25)30-19)22-10-7-14-34-22/h6-7,9-14,16-17H,3-5,8,15H2,1-2H3. The Labute approximate surface area is 227 Å². The normalized spacial score (nSPS) is 12.6. The van der Waals surface area contributed by atoms with E-state index in [0.29, 0.717) is 0 Å². The second-order valence-corrected chi connectivity index (χ2v) is 12.6. The molecule has 0 spiro atoms. The molecule has 0 aliphatic carbocycles. The number of aromatic nitrogens is 4. The van der Waals surface area contributed by atoms with Gasteiger partial charge < -0.3 is 0 Å². The number of hydrogen-bond acceptors (Lipinski definition) is 8. The Morgan fingerprint density at radius 2 is 1.53 bits per heavy atom. The summed E-state index contributed by atoms with van der Waals surface area (Å²) in [6.07, 6.45) is 8.20. The summed E-state index contributed by atoms with van der Waals surface area (Å²) in [7, 11) is 0. The molecule has 0 amide bonds. The van der Waals surface area contributed by atoms with E-state index in [2.05, 4.69) is 61.0 Å². The lowest BCUT2D eigenvalue weighted by Crippen LogP contribution is -2.01. The summed E-state index contributed by atoms with van der Waals surface area (Å²) in [5.74, 6) is 0.753. The van der Waals surface area contributed by atoms with Crippen molar-refractivity contribution in [2.45, 2.75) is 46.0 Å². The van der Waals surface area contributed by atoms with Crippen LogP contribution in [0.25, 0.3) is 53.5 Å². The molecule has 182 valence electrons. The van der Waals surface area contributed by atoms with Gasteiger partial charge in [0.25, 0.3) is 0 Å². The van der Waals surface area contributed by atoms with Gasteiger partial charge in [-0.2, -0.15) is 8.75 Å². The van der Waals surface area contributed by atoms with Gasteiger partial charge in [-0.3, -0.25) is 4.98 Å². The molecule has 0 N–H and O–H groups in total. The zero-order valence-corrected chi connectivity index (χ0v) is 23.5. The Balaban J connectivity index is 1.50. The fraction of sp³-hybridized carbons (Fsp3) is 0.286. The monoisotopic (exact) mass is 546 g/mol. The SMILES string of the molecule is CCCCC(CC)Cc1ccc(-c2cnc3c(-c4cccs4)c4nsnc4c(-c4cccs4)c3n2)s1. The summed E-state index contributed by atoms with van der Waals surface area (Å²) in [4.78, 5) is 15.2. The molecule has 0 saturated heterocycles. The van der Waals surface area contributed by atoms with Crippen LogP contribution in [0.3, 0.4) is 0 Å². The van der Waals surface area contributed by atoms with Crippen molar-refractivity contribution in [3.05, 3.63) is 58.2 Å². The second-order valence-electron chi connectivity index (χ2n) is 9.01. The van der Waals surface area contributed by atoms with Crippen molar-refractivity contribution < 1.29 is 0 Å². The summed E-state index contributed by atoms with van der Waals surface area (Å²) in [6.45, 7) is 4.59.